The van der Waals surface area contributed by atoms with Crippen LogP contribution in [0, 0.1) is 10.1 Å². The van der Waals surface area contributed by atoms with E-state index in [4.69, 9.17) is 4.74 Å². The van der Waals surface area contributed by atoms with Crippen molar-refractivity contribution < 1.29 is 19.2 Å². The minimum atomic E-state index is -0.687. The summed E-state index contributed by atoms with van der Waals surface area (Å²) in [5.74, 6) is -1.23. The number of fused-ring (bicyclic) bond motifs is 1. The van der Waals surface area contributed by atoms with Crippen molar-refractivity contribution in [2.24, 2.45) is 0 Å². The van der Waals surface area contributed by atoms with E-state index in [0.717, 1.165) is 0 Å². The third-order valence-electron chi connectivity index (χ3n) is 4.07. The van der Waals surface area contributed by atoms with Crippen LogP contribution in [0.3, 0.4) is 0 Å². The number of nitro benzene ring substituents is 1. The van der Waals surface area contributed by atoms with Gasteiger partial charge in [0.1, 0.15) is 0 Å². The van der Waals surface area contributed by atoms with Gasteiger partial charge < -0.3 is 4.74 Å². The molecule has 0 bridgehead atoms. The zero-order valence-electron chi connectivity index (χ0n) is 15.6. The van der Waals surface area contributed by atoms with E-state index in [-0.39, 0.29) is 29.8 Å². The molecule has 0 aliphatic rings. The molecule has 3 rings (SSSR count). The van der Waals surface area contributed by atoms with Gasteiger partial charge in [-0.25, -0.2) is 0 Å². The summed E-state index contributed by atoms with van der Waals surface area (Å²) < 4.78 is 6.66. The lowest BCUT2D eigenvalue weighted by molar-refractivity contribution is -0.385. The molecule has 0 aliphatic carbocycles. The number of aryl methyl sites for hydroxylation is 1. The number of nitro groups is 1. The number of nitrogens with one attached hydrogen (secondary N) is 2. The summed E-state index contributed by atoms with van der Waals surface area (Å²) in [6, 6.07) is 12.5. The second-order valence-electron chi connectivity index (χ2n) is 6.11. The minimum Gasteiger partial charge on any atom is -0.477 e. The molecule has 0 radical (unpaired) electrons. The Balaban J connectivity index is 1.49. The lowest BCUT2D eigenvalue weighted by Crippen LogP contribution is -2.44. The van der Waals surface area contributed by atoms with Crippen LogP contribution in [0.1, 0.15) is 6.42 Å². The van der Waals surface area contributed by atoms with E-state index in [9.17, 15) is 24.5 Å². The zero-order chi connectivity index (χ0) is 21.5. The Morgan fingerprint density at radius 2 is 1.77 bits per heavy atom. The monoisotopic (exact) mass is 411 g/mol. The van der Waals surface area contributed by atoms with E-state index in [1.165, 1.54) is 35.1 Å². The summed E-state index contributed by atoms with van der Waals surface area (Å²) in [6.45, 7) is -0.327. The topological polar surface area (TPSA) is 145 Å². The Morgan fingerprint density at radius 3 is 2.57 bits per heavy atom. The molecule has 2 aromatic carbocycles. The van der Waals surface area contributed by atoms with Gasteiger partial charge in [-0.3, -0.25) is 40.0 Å². The van der Waals surface area contributed by atoms with Gasteiger partial charge in [-0.1, -0.05) is 24.3 Å². The number of carbonyl (C=O) groups excluding carboxylic acids is 2. The summed E-state index contributed by atoms with van der Waals surface area (Å²) in [5.41, 5.74) is 4.52. The van der Waals surface area contributed by atoms with Gasteiger partial charge in [0.05, 0.1) is 23.2 Å². The third-order valence-corrected chi connectivity index (χ3v) is 4.07. The van der Waals surface area contributed by atoms with Crippen molar-refractivity contribution in [1.29, 1.82) is 0 Å². The Labute approximate surface area is 169 Å². The molecule has 1 heterocycles. The fraction of sp³-hybridized carbons (Fsp3) is 0.158. The number of hydrogen-bond donors (Lipinski definition) is 2. The van der Waals surface area contributed by atoms with E-state index in [0.29, 0.717) is 10.9 Å². The molecule has 30 heavy (non-hydrogen) atoms. The van der Waals surface area contributed by atoms with Crippen molar-refractivity contribution in [2.75, 3.05) is 6.61 Å². The van der Waals surface area contributed by atoms with Gasteiger partial charge in [0.2, 0.25) is 11.3 Å². The van der Waals surface area contributed by atoms with E-state index in [2.05, 4.69) is 16.0 Å². The Morgan fingerprint density at radius 1 is 1.07 bits per heavy atom. The highest BCUT2D eigenvalue weighted by Crippen LogP contribution is 2.25. The predicted octanol–water partition coefficient (Wildman–Crippen LogP) is 0.921. The summed E-state index contributed by atoms with van der Waals surface area (Å²) in [7, 11) is 0. The number of hydrogen-bond acceptors (Lipinski definition) is 7. The zero-order valence-corrected chi connectivity index (χ0v) is 15.6. The molecule has 0 saturated carbocycles. The van der Waals surface area contributed by atoms with E-state index in [1.54, 1.807) is 24.3 Å². The lowest BCUT2D eigenvalue weighted by Gasteiger charge is -2.11. The van der Waals surface area contributed by atoms with Gasteiger partial charge in [0, 0.05) is 17.9 Å². The highest BCUT2D eigenvalue weighted by molar-refractivity contribution is 5.83. The molecule has 11 nitrogen and oxygen atoms in total. The number of benzene rings is 2. The molecular weight excluding hydrogens is 394 g/mol. The van der Waals surface area contributed by atoms with Crippen LogP contribution in [0.5, 0.6) is 5.75 Å². The van der Waals surface area contributed by atoms with Crippen molar-refractivity contribution in [3.8, 4) is 5.75 Å². The molecule has 0 spiro atoms. The standard InChI is InChI=1S/C19H17N5O6/c25-16-11-20-23(14-6-2-1-5-13(14)16)10-9-18(26)21-22-19(27)12-30-17-8-4-3-7-15(17)24(28)29/h1-8,11H,9-10,12H2,(H,21,26)(H,22,27). The molecule has 0 atom stereocenters. The normalized spacial score (nSPS) is 10.4. The average molecular weight is 411 g/mol. The predicted molar refractivity (Wildman–Crippen MR) is 105 cm³/mol. The van der Waals surface area contributed by atoms with Gasteiger partial charge in [-0.2, -0.15) is 5.10 Å². The number of ether oxygens (including phenoxy) is 1. The smallest absolute Gasteiger partial charge is 0.310 e. The Hall–Kier alpha value is -4.28. The number of para-hydroxylation sites is 3. The first-order valence-corrected chi connectivity index (χ1v) is 8.84. The van der Waals surface area contributed by atoms with Crippen LogP contribution >= 0.6 is 0 Å². The quantitative estimate of drug-likeness (QED) is 0.434. The molecule has 0 fully saturated rings. The second-order valence-corrected chi connectivity index (χ2v) is 6.11. The van der Waals surface area contributed by atoms with Gasteiger partial charge >= 0.3 is 5.69 Å². The number of aromatic nitrogens is 2. The fourth-order valence-corrected chi connectivity index (χ4v) is 2.66. The van der Waals surface area contributed by atoms with E-state index < -0.39 is 23.3 Å². The lowest BCUT2D eigenvalue weighted by atomic mass is 10.2. The Bertz CT molecular complexity index is 1160. The molecule has 2 amide bonds. The van der Waals surface area contributed by atoms with Crippen LogP contribution < -0.4 is 21.0 Å². The molecule has 0 aliphatic heterocycles. The van der Waals surface area contributed by atoms with Gasteiger partial charge in [-0.05, 0) is 18.2 Å². The van der Waals surface area contributed by atoms with E-state index in [1.807, 2.05) is 0 Å². The Kier molecular flexibility index (Phi) is 6.33. The van der Waals surface area contributed by atoms with Crippen LogP contribution in [0.4, 0.5) is 5.69 Å². The first kappa shape index (κ1) is 20.5. The summed E-state index contributed by atoms with van der Waals surface area (Å²) in [4.78, 5) is 45.9. The van der Waals surface area contributed by atoms with Crippen LogP contribution in [0.25, 0.3) is 10.9 Å². The summed E-state index contributed by atoms with van der Waals surface area (Å²) in [6.07, 6.45) is 1.17. The van der Waals surface area contributed by atoms with Crippen molar-refractivity contribution in [3.05, 3.63) is 75.1 Å². The number of carbonyl (C=O) groups is 2. The molecule has 0 unspecified atom stereocenters. The van der Waals surface area contributed by atoms with Crippen LogP contribution in [0.2, 0.25) is 0 Å². The fourth-order valence-electron chi connectivity index (χ4n) is 2.66. The van der Waals surface area contributed by atoms with Crippen LogP contribution in [-0.2, 0) is 16.1 Å². The number of rotatable bonds is 7. The number of hydrazine groups is 1. The molecule has 3 aromatic rings. The van der Waals surface area contributed by atoms with Crippen molar-refractivity contribution in [3.63, 3.8) is 0 Å². The summed E-state index contributed by atoms with van der Waals surface area (Å²) in [5, 5.41) is 15.4. The molecule has 0 saturated heterocycles. The van der Waals surface area contributed by atoms with E-state index >= 15 is 0 Å². The average Bonchev–Trinajstić information content (AvgIpc) is 2.76. The maximum atomic E-state index is 12.0. The molecule has 11 heteroatoms. The van der Waals surface area contributed by atoms with Crippen LogP contribution in [0.15, 0.2) is 59.5 Å². The molecule has 2 N–H and O–H groups in total. The highest BCUT2D eigenvalue weighted by atomic mass is 16.6. The first-order chi connectivity index (χ1) is 14.5. The maximum absolute atomic E-state index is 12.0. The minimum absolute atomic E-state index is 0.00877. The highest BCUT2D eigenvalue weighted by Gasteiger charge is 2.15. The molecule has 1 aromatic heterocycles. The maximum Gasteiger partial charge on any atom is 0.310 e. The number of nitrogens with zero attached hydrogens (tertiary/aromatic N) is 3. The van der Waals surface area contributed by atoms with Gasteiger partial charge in [-0.15, -0.1) is 0 Å². The largest absolute Gasteiger partial charge is 0.477 e. The second kappa shape index (κ2) is 9.28. The SMILES string of the molecule is O=C(CCn1ncc(=O)c2ccccc21)NNC(=O)COc1ccccc1[N+](=O)[O-]. The van der Waals surface area contributed by atoms with Crippen LogP contribution in [-0.4, -0.2) is 33.1 Å². The van der Waals surface area contributed by atoms with Gasteiger partial charge in [0.15, 0.2) is 12.4 Å². The van der Waals surface area contributed by atoms with Crippen molar-refractivity contribution >= 4 is 28.4 Å². The van der Waals surface area contributed by atoms with Crippen molar-refractivity contribution in [2.45, 2.75) is 13.0 Å². The van der Waals surface area contributed by atoms with Crippen molar-refractivity contribution in [1.82, 2.24) is 20.6 Å². The van der Waals surface area contributed by atoms with Gasteiger partial charge in [0.25, 0.3) is 5.91 Å². The summed E-state index contributed by atoms with van der Waals surface area (Å²) >= 11 is 0. The first-order valence-electron chi connectivity index (χ1n) is 8.84. The third kappa shape index (κ3) is 4.95. The molecular formula is C19H17N5O6. The molecule has 154 valence electrons. The number of amides is 2.